The zero-order valence-electron chi connectivity index (χ0n) is 13.5. The highest BCUT2D eigenvalue weighted by atomic mass is 19.4. The standard InChI is InChI=1S/C17H21F4NO2/c1-2-24-15(23)16(7-4-9-22-10-8-16)11-12-5-3-6-13(14(12)18)17(19,20)21/h3,5-6,22H,2,4,7-11H2,1H3. The Morgan fingerprint density at radius 3 is 2.71 bits per heavy atom. The average Bonchev–Trinajstić information content (AvgIpc) is 2.75. The molecule has 0 bridgehead atoms. The summed E-state index contributed by atoms with van der Waals surface area (Å²) >= 11 is 0. The predicted molar refractivity (Wildman–Crippen MR) is 80.9 cm³/mol. The summed E-state index contributed by atoms with van der Waals surface area (Å²) in [5.41, 5.74) is -2.39. The van der Waals surface area contributed by atoms with Gasteiger partial charge < -0.3 is 10.1 Å². The molecule has 0 saturated carbocycles. The minimum absolute atomic E-state index is 0.0940. The van der Waals surface area contributed by atoms with Crippen molar-refractivity contribution in [1.82, 2.24) is 5.32 Å². The number of benzene rings is 1. The number of carbonyl (C=O) groups is 1. The lowest BCUT2D eigenvalue weighted by Gasteiger charge is -2.30. The van der Waals surface area contributed by atoms with Gasteiger partial charge in [-0.2, -0.15) is 13.2 Å². The Morgan fingerprint density at radius 1 is 1.29 bits per heavy atom. The molecule has 2 rings (SSSR count). The van der Waals surface area contributed by atoms with Gasteiger partial charge in [-0.3, -0.25) is 4.79 Å². The average molecular weight is 347 g/mol. The van der Waals surface area contributed by atoms with E-state index >= 15 is 0 Å². The van der Waals surface area contributed by atoms with Crippen LogP contribution in [0.2, 0.25) is 0 Å². The smallest absolute Gasteiger partial charge is 0.419 e. The lowest BCUT2D eigenvalue weighted by Crippen LogP contribution is -2.36. The van der Waals surface area contributed by atoms with Crippen LogP contribution in [-0.4, -0.2) is 25.7 Å². The Kier molecular flexibility index (Phi) is 5.85. The maximum Gasteiger partial charge on any atom is 0.419 e. The van der Waals surface area contributed by atoms with E-state index in [9.17, 15) is 22.4 Å². The molecule has 134 valence electrons. The van der Waals surface area contributed by atoms with Crippen LogP contribution in [-0.2, 0) is 22.1 Å². The first-order chi connectivity index (χ1) is 11.3. The van der Waals surface area contributed by atoms with Gasteiger partial charge in [-0.25, -0.2) is 4.39 Å². The summed E-state index contributed by atoms with van der Waals surface area (Å²) in [5, 5.41) is 3.15. The molecule has 1 aliphatic heterocycles. The zero-order chi connectivity index (χ0) is 17.8. The number of carbonyl (C=O) groups excluding carboxylic acids is 1. The van der Waals surface area contributed by atoms with Crippen LogP contribution < -0.4 is 5.32 Å². The van der Waals surface area contributed by atoms with Crippen LogP contribution in [0.3, 0.4) is 0 Å². The molecule has 24 heavy (non-hydrogen) atoms. The normalized spacial score (nSPS) is 22.0. The van der Waals surface area contributed by atoms with Crippen molar-refractivity contribution >= 4 is 5.97 Å². The summed E-state index contributed by atoms with van der Waals surface area (Å²) in [6.07, 6.45) is -3.32. The molecule has 0 radical (unpaired) electrons. The van der Waals surface area contributed by atoms with Crippen LogP contribution in [0.25, 0.3) is 0 Å². The Morgan fingerprint density at radius 2 is 2.04 bits per heavy atom. The highest BCUT2D eigenvalue weighted by Gasteiger charge is 2.42. The van der Waals surface area contributed by atoms with E-state index in [2.05, 4.69) is 5.32 Å². The van der Waals surface area contributed by atoms with Crippen molar-refractivity contribution < 1.29 is 27.1 Å². The summed E-state index contributed by atoms with van der Waals surface area (Å²) in [6, 6.07) is 3.20. The van der Waals surface area contributed by atoms with Crippen molar-refractivity contribution in [1.29, 1.82) is 0 Å². The number of alkyl halides is 3. The monoisotopic (exact) mass is 347 g/mol. The van der Waals surface area contributed by atoms with E-state index in [0.29, 0.717) is 38.4 Å². The van der Waals surface area contributed by atoms with Crippen LogP contribution in [0.5, 0.6) is 0 Å². The molecule has 7 heteroatoms. The molecule has 1 saturated heterocycles. The van der Waals surface area contributed by atoms with E-state index < -0.39 is 28.9 Å². The molecule has 0 aromatic heterocycles. The molecule has 1 unspecified atom stereocenters. The van der Waals surface area contributed by atoms with E-state index in [1.165, 1.54) is 12.1 Å². The van der Waals surface area contributed by atoms with Crippen molar-refractivity contribution in [3.8, 4) is 0 Å². The molecule has 1 aliphatic rings. The molecule has 1 atom stereocenters. The van der Waals surface area contributed by atoms with Crippen LogP contribution in [0, 0.1) is 11.2 Å². The molecule has 0 spiro atoms. The third-order valence-corrected chi connectivity index (χ3v) is 4.41. The molecular formula is C17H21F4NO2. The van der Waals surface area contributed by atoms with Gasteiger partial charge >= 0.3 is 12.1 Å². The van der Waals surface area contributed by atoms with E-state index in [1.807, 2.05) is 0 Å². The van der Waals surface area contributed by atoms with Gasteiger partial charge in [-0.05, 0) is 57.3 Å². The number of nitrogens with one attached hydrogen (secondary N) is 1. The largest absolute Gasteiger partial charge is 0.466 e. The minimum Gasteiger partial charge on any atom is -0.466 e. The molecule has 1 N–H and O–H groups in total. The number of halogens is 4. The maximum atomic E-state index is 14.4. The van der Waals surface area contributed by atoms with Gasteiger partial charge in [-0.1, -0.05) is 12.1 Å². The van der Waals surface area contributed by atoms with Gasteiger partial charge in [0, 0.05) is 0 Å². The van der Waals surface area contributed by atoms with Gasteiger partial charge in [-0.15, -0.1) is 0 Å². The fraction of sp³-hybridized carbons (Fsp3) is 0.588. The number of ether oxygens (including phenoxy) is 1. The Hall–Kier alpha value is -1.63. The molecule has 1 aromatic carbocycles. The third-order valence-electron chi connectivity index (χ3n) is 4.41. The fourth-order valence-electron chi connectivity index (χ4n) is 3.17. The number of hydrogen-bond acceptors (Lipinski definition) is 3. The SMILES string of the molecule is CCOC(=O)C1(Cc2cccc(C(F)(F)F)c2F)CCCNCC1. The number of esters is 1. The van der Waals surface area contributed by atoms with Gasteiger partial charge in [0.1, 0.15) is 5.82 Å². The van der Waals surface area contributed by atoms with Crippen molar-refractivity contribution in [2.45, 2.75) is 38.8 Å². The molecule has 0 aliphatic carbocycles. The second-order valence-electron chi connectivity index (χ2n) is 6.06. The van der Waals surface area contributed by atoms with E-state index in [-0.39, 0.29) is 18.6 Å². The van der Waals surface area contributed by atoms with Crippen molar-refractivity contribution in [3.05, 3.63) is 35.1 Å². The van der Waals surface area contributed by atoms with Crippen molar-refractivity contribution in [2.75, 3.05) is 19.7 Å². The van der Waals surface area contributed by atoms with Gasteiger partial charge in [0.15, 0.2) is 0 Å². The molecule has 1 aromatic rings. The van der Waals surface area contributed by atoms with Crippen molar-refractivity contribution in [2.24, 2.45) is 5.41 Å². The van der Waals surface area contributed by atoms with Crippen LogP contribution in [0.15, 0.2) is 18.2 Å². The Bertz CT molecular complexity index is 578. The van der Waals surface area contributed by atoms with Gasteiger partial charge in [0.05, 0.1) is 17.6 Å². The summed E-state index contributed by atoms with van der Waals surface area (Å²) in [6.45, 7) is 3.11. The first-order valence-electron chi connectivity index (χ1n) is 8.03. The second kappa shape index (κ2) is 7.51. The van der Waals surface area contributed by atoms with Gasteiger partial charge in [0.25, 0.3) is 0 Å². The summed E-state index contributed by atoms with van der Waals surface area (Å²) in [7, 11) is 0. The van der Waals surface area contributed by atoms with E-state index in [4.69, 9.17) is 4.74 Å². The summed E-state index contributed by atoms with van der Waals surface area (Å²) < 4.78 is 58.2. The minimum atomic E-state index is -4.76. The van der Waals surface area contributed by atoms with Gasteiger partial charge in [0.2, 0.25) is 0 Å². The highest BCUT2D eigenvalue weighted by Crippen LogP contribution is 2.38. The fourth-order valence-corrected chi connectivity index (χ4v) is 3.17. The van der Waals surface area contributed by atoms with Crippen LogP contribution >= 0.6 is 0 Å². The first-order valence-corrected chi connectivity index (χ1v) is 8.03. The topological polar surface area (TPSA) is 38.3 Å². The number of rotatable bonds is 4. The summed E-state index contributed by atoms with van der Waals surface area (Å²) in [4.78, 5) is 12.5. The molecule has 3 nitrogen and oxygen atoms in total. The van der Waals surface area contributed by atoms with Crippen LogP contribution in [0.1, 0.15) is 37.3 Å². The third kappa shape index (κ3) is 4.06. The quantitative estimate of drug-likeness (QED) is 0.667. The Labute approximate surface area is 138 Å². The lowest BCUT2D eigenvalue weighted by molar-refractivity contribution is -0.156. The van der Waals surface area contributed by atoms with E-state index in [1.54, 1.807) is 6.92 Å². The first kappa shape index (κ1) is 18.7. The predicted octanol–water partition coefficient (Wildman–Crippen LogP) is 3.71. The highest BCUT2D eigenvalue weighted by molar-refractivity contribution is 5.77. The lowest BCUT2D eigenvalue weighted by atomic mass is 9.75. The van der Waals surface area contributed by atoms with E-state index in [0.717, 1.165) is 0 Å². The number of hydrogen-bond donors (Lipinski definition) is 1. The zero-order valence-corrected chi connectivity index (χ0v) is 13.5. The second-order valence-corrected chi connectivity index (χ2v) is 6.06. The molecule has 1 heterocycles. The molecule has 1 fully saturated rings. The summed E-state index contributed by atoms with van der Waals surface area (Å²) in [5.74, 6) is -1.77. The molecular weight excluding hydrogens is 326 g/mol. The van der Waals surface area contributed by atoms with Crippen LogP contribution in [0.4, 0.5) is 17.6 Å². The Balaban J connectivity index is 2.38. The maximum absolute atomic E-state index is 14.4. The van der Waals surface area contributed by atoms with Crippen molar-refractivity contribution in [3.63, 3.8) is 0 Å². The molecule has 0 amide bonds.